The molecule has 1 amide bonds. The van der Waals surface area contributed by atoms with Crippen molar-refractivity contribution < 1.29 is 18.0 Å². The molecule has 2 aromatic carbocycles. The van der Waals surface area contributed by atoms with Crippen LogP contribution in [0.4, 0.5) is 13.2 Å². The molecule has 31 heavy (non-hydrogen) atoms. The van der Waals surface area contributed by atoms with Gasteiger partial charge in [0.25, 0.3) is 5.91 Å². The summed E-state index contributed by atoms with van der Waals surface area (Å²) in [6.07, 6.45) is -1.59. The van der Waals surface area contributed by atoms with Gasteiger partial charge in [-0.05, 0) is 43.7 Å². The number of alkyl halides is 3. The second kappa shape index (κ2) is 8.50. The Morgan fingerprint density at radius 3 is 2.74 bits per heavy atom. The minimum atomic E-state index is -4.44. The first kappa shape index (κ1) is 21.0. The van der Waals surface area contributed by atoms with E-state index in [-0.39, 0.29) is 11.6 Å². The number of para-hydroxylation sites is 1. The maximum Gasteiger partial charge on any atom is 0.416 e. The van der Waals surface area contributed by atoms with E-state index in [9.17, 15) is 18.0 Å². The number of benzene rings is 2. The first-order valence-electron chi connectivity index (χ1n) is 9.68. The van der Waals surface area contributed by atoms with Crippen LogP contribution in [-0.4, -0.2) is 27.2 Å². The molecule has 1 N–H and O–H groups in total. The molecule has 0 radical (unpaired) electrons. The van der Waals surface area contributed by atoms with Crippen LogP contribution < -0.4 is 5.32 Å². The van der Waals surface area contributed by atoms with E-state index >= 15 is 0 Å². The molecule has 4 aromatic rings. The van der Waals surface area contributed by atoms with Gasteiger partial charge in [0.2, 0.25) is 0 Å². The first-order valence-corrected chi connectivity index (χ1v) is 10.5. The van der Waals surface area contributed by atoms with Gasteiger partial charge in [-0.15, -0.1) is 11.3 Å². The number of rotatable bonds is 6. The monoisotopic (exact) mass is 444 g/mol. The summed E-state index contributed by atoms with van der Waals surface area (Å²) in [5, 5.41) is 7.98. The Balaban J connectivity index is 1.38. The van der Waals surface area contributed by atoms with Gasteiger partial charge in [-0.3, -0.25) is 4.79 Å². The van der Waals surface area contributed by atoms with Crippen LogP contribution in [0.5, 0.6) is 0 Å². The van der Waals surface area contributed by atoms with Gasteiger partial charge in [-0.2, -0.15) is 18.3 Å². The van der Waals surface area contributed by atoms with Gasteiger partial charge in [0.05, 0.1) is 43.9 Å². The smallest absolute Gasteiger partial charge is 0.352 e. The molecule has 0 atom stereocenters. The van der Waals surface area contributed by atoms with Crippen molar-refractivity contribution in [2.45, 2.75) is 25.9 Å². The summed E-state index contributed by atoms with van der Waals surface area (Å²) in [7, 11) is 0. The van der Waals surface area contributed by atoms with Crippen LogP contribution in [-0.2, 0) is 12.6 Å². The number of hydrogen-bond acceptors (Lipinski definition) is 4. The summed E-state index contributed by atoms with van der Waals surface area (Å²) in [5.74, 6) is -0.306. The normalized spacial score (nSPS) is 11.7. The summed E-state index contributed by atoms with van der Waals surface area (Å²) >= 11 is 1.64. The van der Waals surface area contributed by atoms with Crippen LogP contribution in [0.2, 0.25) is 0 Å². The predicted molar refractivity (Wildman–Crippen MR) is 114 cm³/mol. The average molecular weight is 444 g/mol. The highest BCUT2D eigenvalue weighted by molar-refractivity contribution is 7.18. The summed E-state index contributed by atoms with van der Waals surface area (Å²) in [4.78, 5) is 17.1. The number of nitrogens with one attached hydrogen (secondary N) is 1. The fourth-order valence-corrected chi connectivity index (χ4v) is 4.28. The summed E-state index contributed by atoms with van der Waals surface area (Å²) in [6.45, 7) is 2.12. The SMILES string of the molecule is Cc1c(C(=O)NCCCc2nc3ccccc3s2)cnn1-c1cccc(C(F)(F)F)c1. The van der Waals surface area contributed by atoms with Gasteiger partial charge >= 0.3 is 6.18 Å². The largest absolute Gasteiger partial charge is 0.416 e. The third kappa shape index (κ3) is 4.61. The molecular formula is C22H19F3N4OS. The van der Waals surface area contributed by atoms with E-state index < -0.39 is 11.7 Å². The lowest BCUT2D eigenvalue weighted by Crippen LogP contribution is -2.25. The highest BCUT2D eigenvalue weighted by atomic mass is 32.1. The fraction of sp³-hybridized carbons (Fsp3) is 0.227. The predicted octanol–water partition coefficient (Wildman–Crippen LogP) is 5.17. The molecule has 2 heterocycles. The first-order chi connectivity index (χ1) is 14.8. The lowest BCUT2D eigenvalue weighted by atomic mass is 10.2. The maximum absolute atomic E-state index is 13.0. The van der Waals surface area contributed by atoms with Gasteiger partial charge < -0.3 is 5.32 Å². The molecule has 0 fully saturated rings. The fourth-order valence-electron chi connectivity index (χ4n) is 3.27. The number of carbonyl (C=O) groups excluding carboxylic acids is 1. The Bertz CT molecular complexity index is 1200. The molecule has 0 aliphatic rings. The lowest BCUT2D eigenvalue weighted by molar-refractivity contribution is -0.137. The van der Waals surface area contributed by atoms with Crippen molar-refractivity contribution in [1.29, 1.82) is 0 Å². The Morgan fingerprint density at radius 1 is 1.16 bits per heavy atom. The lowest BCUT2D eigenvalue weighted by Gasteiger charge is -2.10. The van der Waals surface area contributed by atoms with Crippen LogP contribution in [0.3, 0.4) is 0 Å². The summed E-state index contributed by atoms with van der Waals surface area (Å²) in [6, 6.07) is 12.8. The van der Waals surface area contributed by atoms with Crippen molar-refractivity contribution in [3.63, 3.8) is 0 Å². The quantitative estimate of drug-likeness (QED) is 0.417. The zero-order valence-electron chi connectivity index (χ0n) is 16.6. The third-order valence-corrected chi connectivity index (χ3v) is 5.96. The number of amides is 1. The molecule has 0 unspecified atom stereocenters. The topological polar surface area (TPSA) is 59.8 Å². The Morgan fingerprint density at radius 2 is 1.97 bits per heavy atom. The second-order valence-electron chi connectivity index (χ2n) is 7.04. The summed E-state index contributed by atoms with van der Waals surface area (Å²) in [5.41, 5.74) is 1.27. The molecular weight excluding hydrogens is 425 g/mol. The van der Waals surface area contributed by atoms with Crippen molar-refractivity contribution in [2.75, 3.05) is 6.54 Å². The minimum absolute atomic E-state index is 0.252. The number of aromatic nitrogens is 3. The Hall–Kier alpha value is -3.20. The van der Waals surface area contributed by atoms with Crippen molar-refractivity contribution in [2.24, 2.45) is 0 Å². The highest BCUT2D eigenvalue weighted by Crippen LogP contribution is 2.30. The number of carbonyl (C=O) groups is 1. The third-order valence-electron chi connectivity index (χ3n) is 4.86. The van der Waals surface area contributed by atoms with E-state index in [1.54, 1.807) is 18.3 Å². The average Bonchev–Trinajstić information content (AvgIpc) is 3.33. The van der Waals surface area contributed by atoms with Crippen LogP contribution >= 0.6 is 11.3 Å². The second-order valence-corrected chi connectivity index (χ2v) is 8.15. The van der Waals surface area contributed by atoms with Gasteiger partial charge in [-0.25, -0.2) is 9.67 Å². The number of thiazole rings is 1. The molecule has 4 rings (SSSR count). The summed E-state index contributed by atoms with van der Waals surface area (Å²) < 4.78 is 41.4. The van der Waals surface area contributed by atoms with Crippen LogP contribution in [0, 0.1) is 6.92 Å². The van der Waals surface area contributed by atoms with Gasteiger partial charge in [-0.1, -0.05) is 18.2 Å². The molecule has 160 valence electrons. The maximum atomic E-state index is 13.0. The van der Waals surface area contributed by atoms with E-state index in [1.807, 2.05) is 24.3 Å². The molecule has 0 aliphatic heterocycles. The number of aryl methyl sites for hydroxylation is 1. The Labute approximate surface area is 180 Å². The van der Waals surface area contributed by atoms with E-state index in [0.29, 0.717) is 17.8 Å². The van der Waals surface area contributed by atoms with Crippen LogP contribution in [0.15, 0.2) is 54.7 Å². The standard InChI is InChI=1S/C22H19F3N4OS/c1-14-17(13-27-29(14)16-7-4-6-15(12-16)22(23,24)25)21(30)26-11-5-10-20-28-18-8-2-3-9-19(18)31-20/h2-4,6-9,12-13H,5,10-11H2,1H3,(H,26,30). The molecule has 5 nitrogen and oxygen atoms in total. The van der Waals surface area contributed by atoms with E-state index in [2.05, 4.69) is 15.4 Å². The van der Waals surface area contributed by atoms with Crippen LogP contribution in [0.25, 0.3) is 15.9 Å². The zero-order chi connectivity index (χ0) is 22.0. The molecule has 0 saturated heterocycles. The molecule has 0 aliphatic carbocycles. The molecule has 0 spiro atoms. The van der Waals surface area contributed by atoms with Gasteiger partial charge in [0, 0.05) is 13.0 Å². The molecule has 0 saturated carbocycles. The number of halogens is 3. The van der Waals surface area contributed by atoms with Crippen LogP contribution in [0.1, 0.15) is 33.0 Å². The molecule has 9 heteroatoms. The number of nitrogens with zero attached hydrogens (tertiary/aromatic N) is 3. The van der Waals surface area contributed by atoms with Crippen molar-refractivity contribution in [1.82, 2.24) is 20.1 Å². The van der Waals surface area contributed by atoms with Gasteiger partial charge in [0.15, 0.2) is 0 Å². The van der Waals surface area contributed by atoms with E-state index in [1.165, 1.54) is 23.0 Å². The number of hydrogen-bond donors (Lipinski definition) is 1. The van der Waals surface area contributed by atoms with E-state index in [0.717, 1.165) is 40.2 Å². The van der Waals surface area contributed by atoms with Crippen molar-refractivity contribution in [3.8, 4) is 5.69 Å². The zero-order valence-corrected chi connectivity index (χ0v) is 17.4. The Kier molecular flexibility index (Phi) is 5.77. The molecule has 0 bridgehead atoms. The number of fused-ring (bicyclic) bond motifs is 1. The van der Waals surface area contributed by atoms with Crippen molar-refractivity contribution >= 4 is 27.5 Å². The molecule has 2 aromatic heterocycles. The van der Waals surface area contributed by atoms with E-state index in [4.69, 9.17) is 0 Å². The highest BCUT2D eigenvalue weighted by Gasteiger charge is 2.30. The minimum Gasteiger partial charge on any atom is -0.352 e. The van der Waals surface area contributed by atoms with Crippen molar-refractivity contribution in [3.05, 3.63) is 76.6 Å². The van der Waals surface area contributed by atoms with Gasteiger partial charge in [0.1, 0.15) is 0 Å².